The molecule has 0 aliphatic carbocycles. The minimum absolute atomic E-state index is 0.251. The summed E-state index contributed by atoms with van der Waals surface area (Å²) in [6.45, 7) is 14.2. The van der Waals surface area contributed by atoms with Crippen molar-refractivity contribution in [3.63, 3.8) is 0 Å². The molecule has 28 heavy (non-hydrogen) atoms. The highest BCUT2D eigenvalue weighted by atomic mass is 16.5. The van der Waals surface area contributed by atoms with Gasteiger partial charge < -0.3 is 9.84 Å². The van der Waals surface area contributed by atoms with Crippen molar-refractivity contribution in [1.29, 1.82) is 0 Å². The fourth-order valence-corrected chi connectivity index (χ4v) is 2.16. The molecule has 0 unspecified atom stereocenters. The number of allylic oxidation sites excluding steroid dienone is 2. The maximum Gasteiger partial charge on any atom is 0.338 e. The van der Waals surface area contributed by atoms with Crippen LogP contribution in [0, 0.1) is 13.8 Å². The summed E-state index contributed by atoms with van der Waals surface area (Å²) in [5, 5.41) is 7.00. The highest BCUT2D eigenvalue weighted by Crippen LogP contribution is 2.15. The summed E-state index contributed by atoms with van der Waals surface area (Å²) in [7, 11) is 1.00. The van der Waals surface area contributed by atoms with Gasteiger partial charge in [-0.15, -0.1) is 6.58 Å². The molecule has 0 amide bonds. The number of benzene rings is 2. The number of unbranched alkanes of at least 4 members (excludes halogenated alkanes) is 1. The molecule has 2 rings (SSSR count). The Morgan fingerprint density at radius 3 is 1.86 bits per heavy atom. The van der Waals surface area contributed by atoms with Crippen molar-refractivity contribution in [2.45, 2.75) is 40.0 Å². The van der Waals surface area contributed by atoms with E-state index in [1.807, 2.05) is 25.1 Å². The maximum absolute atomic E-state index is 11.5. The van der Waals surface area contributed by atoms with Crippen molar-refractivity contribution in [3.05, 3.63) is 90.0 Å². The lowest BCUT2D eigenvalue weighted by Gasteiger charge is -2.03. The lowest BCUT2D eigenvalue weighted by atomic mass is 10.0. The predicted molar refractivity (Wildman–Crippen MR) is 120 cm³/mol. The second-order valence-electron chi connectivity index (χ2n) is 6.26. The molecule has 1 N–H and O–H groups in total. The van der Waals surface area contributed by atoms with Gasteiger partial charge in [0.25, 0.3) is 0 Å². The Kier molecular flexibility index (Phi) is 14.0. The fraction of sp³-hybridized carbons (Fsp3) is 0.320. The largest absolute Gasteiger partial charge is 0.462 e. The van der Waals surface area contributed by atoms with Gasteiger partial charge in [0.05, 0.1) is 12.2 Å². The number of carbonyl (C=O) groups is 1. The SMILES string of the molecule is C=C(CC)c1ccc(C)cc1.C=CCCCOC(=O)c1ccc(C)cc1.CO. The average Bonchev–Trinajstić information content (AvgIpc) is 2.73. The molecule has 0 aliphatic rings. The van der Waals surface area contributed by atoms with E-state index in [0.29, 0.717) is 12.2 Å². The van der Waals surface area contributed by atoms with Gasteiger partial charge in [0.1, 0.15) is 0 Å². The van der Waals surface area contributed by atoms with Crippen LogP contribution in [0.25, 0.3) is 5.57 Å². The van der Waals surface area contributed by atoms with Gasteiger partial charge in [-0.25, -0.2) is 4.79 Å². The highest BCUT2D eigenvalue weighted by molar-refractivity contribution is 5.89. The number of aliphatic hydroxyl groups excluding tert-OH is 1. The molecule has 3 nitrogen and oxygen atoms in total. The lowest BCUT2D eigenvalue weighted by molar-refractivity contribution is 0.0501. The number of esters is 1. The number of ether oxygens (including phenoxy) is 1. The molecule has 0 fully saturated rings. The summed E-state index contributed by atoms with van der Waals surface area (Å²) in [6, 6.07) is 15.9. The molecular formula is C25H34O3. The first-order valence-corrected chi connectivity index (χ1v) is 9.52. The van der Waals surface area contributed by atoms with Gasteiger partial charge in [-0.05, 0) is 56.4 Å². The molecule has 0 radical (unpaired) electrons. The number of hydrogen-bond acceptors (Lipinski definition) is 3. The topological polar surface area (TPSA) is 46.5 Å². The molecule has 152 valence electrons. The molecule has 0 heterocycles. The molecule has 0 aliphatic heterocycles. The Labute approximate surface area is 170 Å². The average molecular weight is 383 g/mol. The van der Waals surface area contributed by atoms with Crippen LogP contribution in [0.1, 0.15) is 53.2 Å². The standard InChI is InChI=1S/C13H16O2.C11H14.CH4O/c1-3-4-5-10-15-13(14)12-8-6-11(2)7-9-12;1-4-10(3)11-7-5-9(2)6-8-11;1-2/h3,6-9H,1,4-5,10H2,2H3;5-8H,3-4H2,1-2H3;2H,1H3. The number of carbonyl (C=O) groups excluding carboxylic acids is 1. The van der Waals surface area contributed by atoms with E-state index in [1.54, 1.807) is 12.1 Å². The first kappa shape index (κ1) is 25.4. The predicted octanol–water partition coefficient (Wildman–Crippen LogP) is 6.14. The Balaban J connectivity index is 0.000000497. The molecule has 0 aromatic heterocycles. The van der Waals surface area contributed by atoms with Crippen LogP contribution in [-0.4, -0.2) is 24.8 Å². The third-order valence-electron chi connectivity index (χ3n) is 3.96. The van der Waals surface area contributed by atoms with E-state index in [9.17, 15) is 4.79 Å². The van der Waals surface area contributed by atoms with Crippen LogP contribution < -0.4 is 0 Å². The third-order valence-corrected chi connectivity index (χ3v) is 3.96. The Bertz CT molecular complexity index is 698. The number of aliphatic hydroxyl groups is 1. The van der Waals surface area contributed by atoms with Crippen LogP contribution in [0.2, 0.25) is 0 Å². The van der Waals surface area contributed by atoms with Gasteiger partial charge in [-0.3, -0.25) is 0 Å². The minimum atomic E-state index is -0.251. The van der Waals surface area contributed by atoms with Gasteiger partial charge >= 0.3 is 5.97 Å². The first-order valence-electron chi connectivity index (χ1n) is 9.52. The Morgan fingerprint density at radius 1 is 0.964 bits per heavy atom. The second-order valence-corrected chi connectivity index (χ2v) is 6.26. The van der Waals surface area contributed by atoms with Gasteiger partial charge in [-0.2, -0.15) is 0 Å². The molecule has 0 spiro atoms. The molecule has 0 saturated heterocycles. The number of hydrogen-bond donors (Lipinski definition) is 1. The van der Waals surface area contributed by atoms with Gasteiger partial charge in [0.2, 0.25) is 0 Å². The maximum atomic E-state index is 11.5. The van der Waals surface area contributed by atoms with Crippen LogP contribution in [0.5, 0.6) is 0 Å². The van der Waals surface area contributed by atoms with E-state index < -0.39 is 0 Å². The lowest BCUT2D eigenvalue weighted by Crippen LogP contribution is -2.06. The van der Waals surface area contributed by atoms with Gasteiger partial charge in [0, 0.05) is 7.11 Å². The fourth-order valence-electron chi connectivity index (χ4n) is 2.16. The first-order chi connectivity index (χ1) is 13.5. The van der Waals surface area contributed by atoms with Crippen LogP contribution in [0.3, 0.4) is 0 Å². The van der Waals surface area contributed by atoms with E-state index in [2.05, 4.69) is 51.3 Å². The van der Waals surface area contributed by atoms with E-state index in [1.165, 1.54) is 16.7 Å². The molecular weight excluding hydrogens is 348 g/mol. The Morgan fingerprint density at radius 2 is 1.43 bits per heavy atom. The molecule has 2 aromatic rings. The summed E-state index contributed by atoms with van der Waals surface area (Å²) in [5.74, 6) is -0.251. The van der Waals surface area contributed by atoms with Crippen molar-refractivity contribution < 1.29 is 14.6 Å². The molecule has 0 saturated carbocycles. The smallest absolute Gasteiger partial charge is 0.338 e. The normalized spacial score (nSPS) is 9.18. The van der Waals surface area contributed by atoms with Crippen LogP contribution in [0.4, 0.5) is 0 Å². The van der Waals surface area contributed by atoms with Gasteiger partial charge in [-0.1, -0.05) is 67.1 Å². The van der Waals surface area contributed by atoms with Crippen molar-refractivity contribution >= 4 is 11.5 Å². The van der Waals surface area contributed by atoms with Crippen LogP contribution in [-0.2, 0) is 4.74 Å². The van der Waals surface area contributed by atoms with Crippen LogP contribution in [0.15, 0.2) is 67.8 Å². The van der Waals surface area contributed by atoms with Gasteiger partial charge in [0.15, 0.2) is 0 Å². The zero-order valence-electron chi connectivity index (χ0n) is 17.7. The summed E-state index contributed by atoms with van der Waals surface area (Å²) in [5.41, 5.74) is 5.53. The van der Waals surface area contributed by atoms with E-state index in [4.69, 9.17) is 9.84 Å². The van der Waals surface area contributed by atoms with E-state index in [0.717, 1.165) is 31.9 Å². The van der Waals surface area contributed by atoms with Crippen molar-refractivity contribution in [2.24, 2.45) is 0 Å². The van der Waals surface area contributed by atoms with Crippen molar-refractivity contribution in [1.82, 2.24) is 0 Å². The molecule has 2 aromatic carbocycles. The second kappa shape index (κ2) is 15.4. The van der Waals surface area contributed by atoms with Crippen molar-refractivity contribution in [2.75, 3.05) is 13.7 Å². The monoisotopic (exact) mass is 382 g/mol. The summed E-state index contributed by atoms with van der Waals surface area (Å²) in [4.78, 5) is 11.5. The van der Waals surface area contributed by atoms with Crippen LogP contribution >= 0.6 is 0 Å². The zero-order chi connectivity index (χ0) is 21.4. The quantitative estimate of drug-likeness (QED) is 0.355. The molecule has 3 heteroatoms. The summed E-state index contributed by atoms with van der Waals surface area (Å²) in [6.07, 6.45) is 4.56. The summed E-state index contributed by atoms with van der Waals surface area (Å²) >= 11 is 0. The number of aryl methyl sites for hydroxylation is 2. The third kappa shape index (κ3) is 10.5. The van der Waals surface area contributed by atoms with E-state index in [-0.39, 0.29) is 5.97 Å². The number of rotatable bonds is 7. The zero-order valence-corrected chi connectivity index (χ0v) is 17.7. The highest BCUT2D eigenvalue weighted by Gasteiger charge is 2.05. The van der Waals surface area contributed by atoms with Crippen molar-refractivity contribution in [3.8, 4) is 0 Å². The molecule has 0 atom stereocenters. The minimum Gasteiger partial charge on any atom is -0.462 e. The summed E-state index contributed by atoms with van der Waals surface area (Å²) < 4.78 is 5.08. The Hall–Kier alpha value is -2.65. The van der Waals surface area contributed by atoms with E-state index >= 15 is 0 Å². The molecule has 0 bridgehead atoms.